The summed E-state index contributed by atoms with van der Waals surface area (Å²) in [6.45, 7) is 4.17. The molecule has 7 nitrogen and oxygen atoms in total. The third-order valence-electron chi connectivity index (χ3n) is 6.01. The molecule has 2 bridgehead atoms. The summed E-state index contributed by atoms with van der Waals surface area (Å²) in [5.41, 5.74) is 1.50. The predicted octanol–water partition coefficient (Wildman–Crippen LogP) is 4.03. The van der Waals surface area contributed by atoms with Crippen molar-refractivity contribution in [1.82, 2.24) is 19.8 Å². The zero-order valence-corrected chi connectivity index (χ0v) is 17.3. The average molecular weight is 420 g/mol. The van der Waals surface area contributed by atoms with Crippen LogP contribution in [0.2, 0.25) is 0 Å². The number of carbonyl (C=O) groups is 1. The molecule has 2 aliphatic rings. The molecule has 0 spiro atoms. The third-order valence-corrected chi connectivity index (χ3v) is 6.90. The second-order valence-electron chi connectivity index (χ2n) is 7.96. The van der Waals surface area contributed by atoms with Crippen LogP contribution in [-0.2, 0) is 11.3 Å². The van der Waals surface area contributed by atoms with Crippen molar-refractivity contribution in [3.05, 3.63) is 48.4 Å². The Hall–Kier alpha value is -2.97. The van der Waals surface area contributed by atoms with E-state index in [1.54, 1.807) is 13.1 Å². The standard InChI is InChI=1S/C22H20N4O3S/c1-13(27)26-11-15-8-16(26)10-25(15)12-18-7-14-4-5-17(9-19(14)28-18)29-22-24-21-20(30-22)3-2-6-23-21/h2-7,9,15-16H,8,10-12H2,1H3/t15-,16-/m0/s1. The minimum atomic E-state index is 0.183. The Kier molecular flexibility index (Phi) is 4.04. The van der Waals surface area contributed by atoms with Gasteiger partial charge in [-0.3, -0.25) is 9.69 Å². The SMILES string of the molecule is CC(=O)N1C[C@@H]2C[C@H]1CN2Cc1cc2ccc(Oc3nc4ncccc4s3)cc2o1. The number of likely N-dealkylation sites (tertiary alicyclic amines) is 2. The number of pyridine rings is 1. The van der Waals surface area contributed by atoms with Gasteiger partial charge in [0.15, 0.2) is 5.65 Å². The van der Waals surface area contributed by atoms with Crippen LogP contribution in [0.15, 0.2) is 47.0 Å². The molecule has 152 valence electrons. The molecule has 0 N–H and O–H groups in total. The second kappa shape index (κ2) is 6.78. The maximum Gasteiger partial charge on any atom is 0.281 e. The lowest BCUT2D eigenvalue weighted by molar-refractivity contribution is -0.131. The number of ether oxygens (including phenoxy) is 1. The summed E-state index contributed by atoms with van der Waals surface area (Å²) in [5, 5.41) is 1.62. The first-order chi connectivity index (χ1) is 14.6. The summed E-state index contributed by atoms with van der Waals surface area (Å²) >= 11 is 1.47. The molecule has 0 saturated carbocycles. The van der Waals surface area contributed by atoms with Crippen LogP contribution in [0.3, 0.4) is 0 Å². The minimum absolute atomic E-state index is 0.183. The molecule has 30 heavy (non-hydrogen) atoms. The number of aromatic nitrogens is 2. The number of hydrogen-bond donors (Lipinski definition) is 0. The van der Waals surface area contributed by atoms with Gasteiger partial charge in [-0.05, 0) is 36.8 Å². The number of rotatable bonds is 4. The van der Waals surface area contributed by atoms with Crippen LogP contribution < -0.4 is 4.74 Å². The smallest absolute Gasteiger partial charge is 0.281 e. The maximum atomic E-state index is 11.7. The fourth-order valence-corrected chi connectivity index (χ4v) is 5.42. The van der Waals surface area contributed by atoms with Gasteiger partial charge in [0.05, 0.1) is 11.2 Å². The van der Waals surface area contributed by atoms with Gasteiger partial charge in [-0.1, -0.05) is 11.3 Å². The first-order valence-electron chi connectivity index (χ1n) is 10.1. The number of benzene rings is 1. The Morgan fingerprint density at radius 2 is 2.20 bits per heavy atom. The van der Waals surface area contributed by atoms with Gasteiger partial charge < -0.3 is 14.1 Å². The molecule has 2 saturated heterocycles. The molecular formula is C22H20N4O3S. The van der Waals surface area contributed by atoms with Crippen molar-refractivity contribution in [2.45, 2.75) is 32.0 Å². The summed E-state index contributed by atoms with van der Waals surface area (Å²) in [5.74, 6) is 1.82. The fraction of sp³-hybridized carbons (Fsp3) is 0.318. The molecule has 1 aromatic carbocycles. The molecule has 0 unspecified atom stereocenters. The zero-order valence-electron chi connectivity index (χ0n) is 16.4. The molecule has 3 aromatic heterocycles. The molecule has 1 amide bonds. The van der Waals surface area contributed by atoms with Crippen molar-refractivity contribution >= 4 is 38.6 Å². The van der Waals surface area contributed by atoms with Gasteiger partial charge in [0.1, 0.15) is 17.1 Å². The Morgan fingerprint density at radius 3 is 3.00 bits per heavy atom. The van der Waals surface area contributed by atoms with E-state index in [1.807, 2.05) is 35.2 Å². The maximum absolute atomic E-state index is 11.7. The number of carbonyl (C=O) groups excluding carboxylic acids is 1. The van der Waals surface area contributed by atoms with Gasteiger partial charge in [-0.25, -0.2) is 4.98 Å². The molecule has 5 heterocycles. The van der Waals surface area contributed by atoms with Crippen molar-refractivity contribution in [3.8, 4) is 10.9 Å². The Labute approximate surface area is 176 Å². The van der Waals surface area contributed by atoms with Crippen molar-refractivity contribution in [1.29, 1.82) is 0 Å². The van der Waals surface area contributed by atoms with Crippen molar-refractivity contribution in [2.75, 3.05) is 13.1 Å². The second-order valence-corrected chi connectivity index (χ2v) is 8.96. The average Bonchev–Trinajstić information content (AvgIpc) is 3.49. The largest absolute Gasteiger partial charge is 0.460 e. The normalized spacial score (nSPS) is 21.2. The predicted molar refractivity (Wildman–Crippen MR) is 114 cm³/mol. The summed E-state index contributed by atoms with van der Waals surface area (Å²) in [6.07, 6.45) is 2.79. The van der Waals surface area contributed by atoms with Gasteiger partial charge in [-0.2, -0.15) is 4.98 Å². The van der Waals surface area contributed by atoms with Crippen LogP contribution in [0.4, 0.5) is 0 Å². The quantitative estimate of drug-likeness (QED) is 0.496. The lowest BCUT2D eigenvalue weighted by Gasteiger charge is -2.33. The number of piperazine rings is 1. The number of hydrogen-bond acceptors (Lipinski definition) is 7. The van der Waals surface area contributed by atoms with Gasteiger partial charge in [0.2, 0.25) is 5.91 Å². The van der Waals surface area contributed by atoms with Gasteiger partial charge in [0.25, 0.3) is 5.19 Å². The molecule has 8 heteroatoms. The Morgan fingerprint density at radius 1 is 1.27 bits per heavy atom. The van der Waals surface area contributed by atoms with E-state index in [0.717, 1.165) is 47.5 Å². The van der Waals surface area contributed by atoms with E-state index in [4.69, 9.17) is 9.15 Å². The highest BCUT2D eigenvalue weighted by molar-refractivity contribution is 7.20. The summed E-state index contributed by atoms with van der Waals surface area (Å²) in [6, 6.07) is 12.6. The number of nitrogens with zero attached hydrogens (tertiary/aromatic N) is 4. The monoisotopic (exact) mass is 420 g/mol. The number of fused-ring (bicyclic) bond motifs is 4. The molecule has 2 fully saturated rings. The number of amides is 1. The van der Waals surface area contributed by atoms with E-state index in [-0.39, 0.29) is 5.91 Å². The highest BCUT2D eigenvalue weighted by Gasteiger charge is 2.44. The first-order valence-corrected chi connectivity index (χ1v) is 10.9. The molecule has 0 aliphatic carbocycles. The summed E-state index contributed by atoms with van der Waals surface area (Å²) in [4.78, 5) is 24.8. The van der Waals surface area contributed by atoms with Gasteiger partial charge in [0, 0.05) is 49.7 Å². The lowest BCUT2D eigenvalue weighted by Crippen LogP contribution is -2.47. The summed E-state index contributed by atoms with van der Waals surface area (Å²) in [7, 11) is 0. The van der Waals surface area contributed by atoms with E-state index in [1.165, 1.54) is 11.3 Å². The van der Waals surface area contributed by atoms with E-state index < -0.39 is 0 Å². The summed E-state index contributed by atoms with van der Waals surface area (Å²) < 4.78 is 13.1. The molecule has 6 rings (SSSR count). The lowest BCUT2D eigenvalue weighted by atomic mass is 10.2. The van der Waals surface area contributed by atoms with Crippen molar-refractivity contribution in [3.63, 3.8) is 0 Å². The van der Waals surface area contributed by atoms with Crippen LogP contribution in [-0.4, -0.2) is 50.8 Å². The highest BCUT2D eigenvalue weighted by Crippen LogP contribution is 2.34. The highest BCUT2D eigenvalue weighted by atomic mass is 32.1. The van der Waals surface area contributed by atoms with Crippen molar-refractivity contribution < 1.29 is 13.9 Å². The fourth-order valence-electron chi connectivity index (χ4n) is 4.63. The van der Waals surface area contributed by atoms with Gasteiger partial charge >= 0.3 is 0 Å². The van der Waals surface area contributed by atoms with E-state index in [9.17, 15) is 4.79 Å². The Balaban J connectivity index is 1.19. The van der Waals surface area contributed by atoms with E-state index in [2.05, 4.69) is 20.9 Å². The third kappa shape index (κ3) is 3.03. The topological polar surface area (TPSA) is 71.7 Å². The molecular weight excluding hydrogens is 400 g/mol. The van der Waals surface area contributed by atoms with E-state index in [0.29, 0.717) is 28.7 Å². The van der Waals surface area contributed by atoms with Crippen LogP contribution in [0, 0.1) is 0 Å². The van der Waals surface area contributed by atoms with E-state index >= 15 is 0 Å². The van der Waals surface area contributed by atoms with Crippen LogP contribution in [0.25, 0.3) is 21.3 Å². The van der Waals surface area contributed by atoms with Gasteiger partial charge in [-0.15, -0.1) is 0 Å². The minimum Gasteiger partial charge on any atom is -0.460 e. The molecule has 2 aliphatic heterocycles. The van der Waals surface area contributed by atoms with Crippen molar-refractivity contribution in [2.24, 2.45) is 0 Å². The Bertz CT molecular complexity index is 1230. The van der Waals surface area contributed by atoms with Crippen LogP contribution in [0.5, 0.6) is 10.9 Å². The molecule has 2 atom stereocenters. The number of thiazole rings is 1. The molecule has 0 radical (unpaired) electrons. The van der Waals surface area contributed by atoms with Crippen LogP contribution in [0.1, 0.15) is 19.1 Å². The van der Waals surface area contributed by atoms with Crippen LogP contribution >= 0.6 is 11.3 Å². The molecule has 4 aromatic rings. The first kappa shape index (κ1) is 17.9. The number of furan rings is 1. The zero-order chi connectivity index (χ0) is 20.2.